The molecule has 0 saturated heterocycles. The number of para-hydroxylation sites is 1. The first-order chi connectivity index (χ1) is 8.20. The molecule has 0 N–H and O–H groups in total. The van der Waals surface area contributed by atoms with E-state index in [9.17, 15) is 4.79 Å². The maximum Gasteiger partial charge on any atom is 0.259 e. The molecule has 0 bridgehead atoms. The van der Waals surface area contributed by atoms with Gasteiger partial charge >= 0.3 is 0 Å². The highest BCUT2D eigenvalue weighted by Gasteiger charge is 2.39. The maximum absolute atomic E-state index is 12.3. The van der Waals surface area contributed by atoms with Gasteiger partial charge in [-0.15, -0.1) is 0 Å². The number of hydrazine groups is 1. The summed E-state index contributed by atoms with van der Waals surface area (Å²) < 4.78 is 0. The van der Waals surface area contributed by atoms with Crippen LogP contribution < -0.4 is 5.01 Å². The minimum absolute atomic E-state index is 0.0567. The van der Waals surface area contributed by atoms with Crippen LogP contribution in [0.3, 0.4) is 0 Å². The minimum atomic E-state index is -0.229. The molecule has 1 aromatic carbocycles. The Morgan fingerprint density at radius 3 is 2.88 bits per heavy atom. The quantitative estimate of drug-likeness (QED) is 0.716. The first kappa shape index (κ1) is 10.3. The Bertz CT molecular complexity index is 497. The molecular formula is C12H14N4O. The van der Waals surface area contributed by atoms with E-state index in [1.165, 1.54) is 0 Å². The van der Waals surface area contributed by atoms with Gasteiger partial charge in [0.25, 0.3) is 5.91 Å². The standard InChI is InChI=1S/C12H14N4O/c1-14(2)16-10-6-4-3-5-9(10)11(17)15-8-7-13-12(15)16/h3-7,12H,8H2,1-2H3. The molecule has 2 aliphatic heterocycles. The number of anilines is 1. The summed E-state index contributed by atoms with van der Waals surface area (Å²) in [5.74, 6) is 0.0567. The lowest BCUT2D eigenvalue weighted by molar-refractivity contribution is 0.0663. The van der Waals surface area contributed by atoms with Crippen molar-refractivity contribution in [2.45, 2.75) is 6.29 Å². The van der Waals surface area contributed by atoms with Gasteiger partial charge in [-0.2, -0.15) is 0 Å². The fraction of sp³-hybridized carbons (Fsp3) is 0.333. The Balaban J connectivity index is 2.17. The molecule has 1 atom stereocenters. The highest BCUT2D eigenvalue weighted by Crippen LogP contribution is 2.32. The monoisotopic (exact) mass is 230 g/mol. The van der Waals surface area contributed by atoms with Crippen molar-refractivity contribution < 1.29 is 4.79 Å². The second kappa shape index (κ2) is 3.56. The number of nitrogens with zero attached hydrogens (tertiary/aromatic N) is 4. The highest BCUT2D eigenvalue weighted by atomic mass is 16.2. The van der Waals surface area contributed by atoms with Crippen molar-refractivity contribution in [3.63, 3.8) is 0 Å². The summed E-state index contributed by atoms with van der Waals surface area (Å²) in [5.41, 5.74) is 1.66. The van der Waals surface area contributed by atoms with E-state index in [2.05, 4.69) is 4.99 Å². The molecule has 2 heterocycles. The summed E-state index contributed by atoms with van der Waals surface area (Å²) >= 11 is 0. The average Bonchev–Trinajstić information content (AvgIpc) is 2.78. The van der Waals surface area contributed by atoms with Crippen LogP contribution in [-0.4, -0.2) is 49.0 Å². The Morgan fingerprint density at radius 1 is 1.35 bits per heavy atom. The van der Waals surface area contributed by atoms with Crippen LogP contribution in [0.15, 0.2) is 29.3 Å². The van der Waals surface area contributed by atoms with Crippen molar-refractivity contribution in [1.29, 1.82) is 0 Å². The van der Waals surface area contributed by atoms with Crippen LogP contribution in [0.4, 0.5) is 5.69 Å². The first-order valence-electron chi connectivity index (χ1n) is 5.58. The van der Waals surface area contributed by atoms with Crippen LogP contribution in [0, 0.1) is 0 Å². The van der Waals surface area contributed by atoms with Crippen LogP contribution in [0.5, 0.6) is 0 Å². The van der Waals surface area contributed by atoms with E-state index in [1.54, 1.807) is 11.1 Å². The van der Waals surface area contributed by atoms with E-state index >= 15 is 0 Å². The van der Waals surface area contributed by atoms with Crippen LogP contribution in [0.2, 0.25) is 0 Å². The fourth-order valence-corrected chi connectivity index (χ4v) is 2.34. The van der Waals surface area contributed by atoms with Gasteiger partial charge in [0.1, 0.15) is 0 Å². The Labute approximate surface area is 99.9 Å². The molecule has 17 heavy (non-hydrogen) atoms. The Morgan fingerprint density at radius 2 is 2.12 bits per heavy atom. The number of carbonyl (C=O) groups is 1. The van der Waals surface area contributed by atoms with Gasteiger partial charge < -0.3 is 0 Å². The molecular weight excluding hydrogens is 216 g/mol. The SMILES string of the molecule is CN(C)N1c2ccccc2C(=O)N2CC=NC21. The van der Waals surface area contributed by atoms with E-state index in [1.807, 2.05) is 48.4 Å². The van der Waals surface area contributed by atoms with Crippen molar-refractivity contribution in [3.8, 4) is 0 Å². The molecule has 0 aromatic heterocycles. The van der Waals surface area contributed by atoms with Gasteiger partial charge in [0.2, 0.25) is 6.29 Å². The molecule has 2 aliphatic rings. The van der Waals surface area contributed by atoms with Crippen LogP contribution in [0.25, 0.3) is 0 Å². The highest BCUT2D eigenvalue weighted by molar-refractivity contribution is 6.03. The summed E-state index contributed by atoms with van der Waals surface area (Å²) in [6.07, 6.45) is 1.57. The molecule has 1 aromatic rings. The van der Waals surface area contributed by atoms with Crippen molar-refractivity contribution in [1.82, 2.24) is 9.91 Å². The third kappa shape index (κ3) is 1.36. The zero-order valence-corrected chi connectivity index (χ0v) is 9.87. The van der Waals surface area contributed by atoms with Gasteiger partial charge in [0.05, 0.1) is 17.8 Å². The summed E-state index contributed by atoms with van der Waals surface area (Å²) in [6, 6.07) is 7.65. The number of carbonyl (C=O) groups excluding carboxylic acids is 1. The van der Waals surface area contributed by atoms with Crippen molar-refractivity contribution in [2.24, 2.45) is 4.99 Å². The third-order valence-corrected chi connectivity index (χ3v) is 3.09. The summed E-state index contributed by atoms with van der Waals surface area (Å²) in [4.78, 5) is 18.4. The van der Waals surface area contributed by atoms with Crippen LogP contribution >= 0.6 is 0 Å². The lowest BCUT2D eigenvalue weighted by Gasteiger charge is -2.43. The molecule has 0 aliphatic carbocycles. The maximum atomic E-state index is 12.3. The second-order valence-electron chi connectivity index (χ2n) is 4.34. The zero-order valence-electron chi connectivity index (χ0n) is 9.87. The fourth-order valence-electron chi connectivity index (χ4n) is 2.34. The van der Waals surface area contributed by atoms with E-state index in [0.717, 1.165) is 11.3 Å². The van der Waals surface area contributed by atoms with E-state index < -0.39 is 0 Å². The van der Waals surface area contributed by atoms with Crippen LogP contribution in [0.1, 0.15) is 10.4 Å². The van der Waals surface area contributed by atoms with Gasteiger partial charge in [-0.1, -0.05) is 12.1 Å². The third-order valence-electron chi connectivity index (χ3n) is 3.09. The molecule has 3 rings (SSSR count). The lowest BCUT2D eigenvalue weighted by Crippen LogP contribution is -2.56. The second-order valence-corrected chi connectivity index (χ2v) is 4.34. The number of aliphatic imine (C=N–C) groups is 1. The predicted octanol–water partition coefficient (Wildman–Crippen LogP) is 0.793. The molecule has 5 nitrogen and oxygen atoms in total. The minimum Gasteiger partial charge on any atom is -0.293 e. The van der Waals surface area contributed by atoms with E-state index in [4.69, 9.17) is 0 Å². The summed E-state index contributed by atoms with van der Waals surface area (Å²) in [5, 5.41) is 3.99. The predicted molar refractivity (Wildman–Crippen MR) is 65.9 cm³/mol. The Kier molecular flexibility index (Phi) is 2.16. The molecule has 1 unspecified atom stereocenters. The summed E-state index contributed by atoms with van der Waals surface area (Å²) in [6.45, 7) is 0.585. The van der Waals surface area contributed by atoms with E-state index in [-0.39, 0.29) is 12.2 Å². The largest absolute Gasteiger partial charge is 0.293 e. The topological polar surface area (TPSA) is 39.1 Å². The van der Waals surface area contributed by atoms with Crippen molar-refractivity contribution in [3.05, 3.63) is 29.8 Å². The molecule has 5 heteroatoms. The molecule has 0 radical (unpaired) electrons. The number of rotatable bonds is 1. The number of hydrogen-bond donors (Lipinski definition) is 0. The molecule has 1 amide bonds. The normalized spacial score (nSPS) is 22.1. The zero-order chi connectivity index (χ0) is 12.0. The summed E-state index contributed by atoms with van der Waals surface area (Å²) in [7, 11) is 3.91. The van der Waals surface area contributed by atoms with Gasteiger partial charge in [0.15, 0.2) is 0 Å². The number of hydrogen-bond acceptors (Lipinski definition) is 4. The number of amides is 1. The first-order valence-corrected chi connectivity index (χ1v) is 5.58. The van der Waals surface area contributed by atoms with Crippen molar-refractivity contribution >= 4 is 17.8 Å². The van der Waals surface area contributed by atoms with E-state index in [0.29, 0.717) is 6.54 Å². The van der Waals surface area contributed by atoms with Gasteiger partial charge in [0, 0.05) is 20.3 Å². The number of fused-ring (bicyclic) bond motifs is 2. The van der Waals surface area contributed by atoms with Gasteiger partial charge in [-0.3, -0.25) is 14.7 Å². The van der Waals surface area contributed by atoms with Gasteiger partial charge in [-0.25, -0.2) is 10.0 Å². The molecule has 0 fully saturated rings. The van der Waals surface area contributed by atoms with Crippen LogP contribution in [-0.2, 0) is 0 Å². The number of benzene rings is 1. The van der Waals surface area contributed by atoms with Crippen molar-refractivity contribution in [2.75, 3.05) is 25.6 Å². The molecule has 0 saturated carbocycles. The molecule has 88 valence electrons. The molecule has 0 spiro atoms. The van der Waals surface area contributed by atoms with Gasteiger partial charge in [-0.05, 0) is 12.1 Å². The lowest BCUT2D eigenvalue weighted by atomic mass is 10.1. The Hall–Kier alpha value is -1.88. The average molecular weight is 230 g/mol. The smallest absolute Gasteiger partial charge is 0.259 e.